The second-order valence-electron chi connectivity index (χ2n) is 6.22. The molecule has 1 aromatic carbocycles. The molecule has 1 saturated heterocycles. The van der Waals surface area contributed by atoms with E-state index in [4.69, 9.17) is 0 Å². The first kappa shape index (κ1) is 15.0. The zero-order chi connectivity index (χ0) is 14.8. The van der Waals surface area contributed by atoms with Crippen LogP contribution in [0.25, 0.3) is 0 Å². The van der Waals surface area contributed by atoms with E-state index in [0.29, 0.717) is 12.8 Å². The third-order valence-corrected chi connectivity index (χ3v) is 4.63. The first-order chi connectivity index (χ1) is 9.35. The van der Waals surface area contributed by atoms with Gasteiger partial charge in [0, 0.05) is 19.6 Å². The number of hydrogen-bond acceptors (Lipinski definition) is 3. The van der Waals surface area contributed by atoms with E-state index < -0.39 is 17.0 Å². The third-order valence-electron chi connectivity index (χ3n) is 4.63. The van der Waals surface area contributed by atoms with Gasteiger partial charge in [-0.15, -0.1) is 0 Å². The van der Waals surface area contributed by atoms with Gasteiger partial charge in [-0.3, -0.25) is 9.69 Å². The lowest BCUT2D eigenvalue weighted by atomic mass is 9.69. The summed E-state index contributed by atoms with van der Waals surface area (Å²) in [5.74, 6) is -0.934. The number of carboxylic acids is 1. The van der Waals surface area contributed by atoms with Gasteiger partial charge in [-0.25, -0.2) is 0 Å². The van der Waals surface area contributed by atoms with Crippen LogP contribution in [0.2, 0.25) is 0 Å². The van der Waals surface area contributed by atoms with Gasteiger partial charge in [0.15, 0.2) is 0 Å². The lowest BCUT2D eigenvalue weighted by molar-refractivity contribution is -0.171. The Bertz CT molecular complexity index is 462. The molecule has 0 radical (unpaired) electrons. The summed E-state index contributed by atoms with van der Waals surface area (Å²) in [6.45, 7) is 5.53. The second kappa shape index (κ2) is 5.54. The first-order valence-corrected chi connectivity index (χ1v) is 7.07. The van der Waals surface area contributed by atoms with E-state index in [1.807, 2.05) is 18.2 Å². The molecule has 110 valence electrons. The van der Waals surface area contributed by atoms with Crippen molar-refractivity contribution in [3.05, 3.63) is 35.9 Å². The summed E-state index contributed by atoms with van der Waals surface area (Å²) in [7, 11) is 0. The molecule has 1 heterocycles. The van der Waals surface area contributed by atoms with Crippen molar-refractivity contribution in [3.8, 4) is 0 Å². The zero-order valence-corrected chi connectivity index (χ0v) is 12.2. The minimum atomic E-state index is -1.12. The van der Waals surface area contributed by atoms with Gasteiger partial charge in [-0.1, -0.05) is 30.3 Å². The number of nitrogens with zero attached hydrogens (tertiary/aromatic N) is 1. The number of hydrogen-bond donors (Lipinski definition) is 2. The maximum Gasteiger partial charge on any atom is 0.312 e. The summed E-state index contributed by atoms with van der Waals surface area (Å²) in [6, 6.07) is 10.2. The Morgan fingerprint density at radius 1 is 1.25 bits per heavy atom. The number of aliphatic carboxylic acids is 1. The normalized spacial score (nSPS) is 19.8. The third kappa shape index (κ3) is 2.86. The minimum absolute atomic E-state index is 0.499. The fourth-order valence-electron chi connectivity index (χ4n) is 2.75. The predicted octanol–water partition coefficient (Wildman–Crippen LogP) is 2.12. The first-order valence-electron chi connectivity index (χ1n) is 7.07. The number of rotatable bonds is 4. The molecular weight excluding hydrogens is 254 g/mol. The molecule has 0 saturated carbocycles. The van der Waals surface area contributed by atoms with Crippen molar-refractivity contribution in [3.63, 3.8) is 0 Å². The summed E-state index contributed by atoms with van der Waals surface area (Å²) in [4.78, 5) is 13.6. The van der Waals surface area contributed by atoms with E-state index in [0.717, 1.165) is 19.6 Å². The van der Waals surface area contributed by atoms with E-state index in [9.17, 15) is 15.0 Å². The number of carbonyl (C=O) groups is 1. The molecule has 2 rings (SSSR count). The van der Waals surface area contributed by atoms with Gasteiger partial charge < -0.3 is 10.2 Å². The van der Waals surface area contributed by atoms with E-state index in [2.05, 4.69) is 17.0 Å². The standard InChI is InChI=1S/C16H23NO3/c1-15(2,14(18)19)16(20)8-10-17(11-9-16)12-13-6-4-3-5-7-13/h3-7,20H,8-12H2,1-2H3,(H,18,19). The molecular formula is C16H23NO3. The molecule has 0 amide bonds. The highest BCUT2D eigenvalue weighted by molar-refractivity contribution is 5.75. The minimum Gasteiger partial charge on any atom is -0.481 e. The fourth-order valence-corrected chi connectivity index (χ4v) is 2.75. The summed E-state index contributed by atoms with van der Waals surface area (Å²) >= 11 is 0. The maximum atomic E-state index is 11.3. The molecule has 0 bridgehead atoms. The smallest absolute Gasteiger partial charge is 0.312 e. The molecule has 0 spiro atoms. The highest BCUT2D eigenvalue weighted by Gasteiger charge is 2.50. The number of carboxylic acid groups (broad SMARTS) is 1. The summed E-state index contributed by atoms with van der Waals surface area (Å²) in [6.07, 6.45) is 0.998. The fraction of sp³-hybridized carbons (Fsp3) is 0.562. The Kier molecular flexibility index (Phi) is 4.16. The molecule has 20 heavy (non-hydrogen) atoms. The number of benzene rings is 1. The molecule has 4 nitrogen and oxygen atoms in total. The SMILES string of the molecule is CC(C)(C(=O)O)C1(O)CCN(Cc2ccccc2)CC1. The molecule has 1 aliphatic heterocycles. The van der Waals surface area contributed by atoms with Crippen molar-refractivity contribution in [1.82, 2.24) is 4.90 Å². The van der Waals surface area contributed by atoms with Crippen LogP contribution in [0.5, 0.6) is 0 Å². The van der Waals surface area contributed by atoms with Crippen LogP contribution in [-0.4, -0.2) is 39.8 Å². The van der Waals surface area contributed by atoms with Gasteiger partial charge in [0.1, 0.15) is 0 Å². The van der Waals surface area contributed by atoms with Crippen molar-refractivity contribution in [2.24, 2.45) is 5.41 Å². The average molecular weight is 277 g/mol. The second-order valence-corrected chi connectivity index (χ2v) is 6.22. The van der Waals surface area contributed by atoms with Gasteiger partial charge in [0.25, 0.3) is 0 Å². The highest BCUT2D eigenvalue weighted by atomic mass is 16.4. The van der Waals surface area contributed by atoms with Crippen LogP contribution in [0.4, 0.5) is 0 Å². The Hall–Kier alpha value is -1.39. The van der Waals surface area contributed by atoms with Crippen molar-refractivity contribution >= 4 is 5.97 Å². The van der Waals surface area contributed by atoms with Crippen molar-refractivity contribution in [2.75, 3.05) is 13.1 Å². The zero-order valence-electron chi connectivity index (χ0n) is 12.2. The van der Waals surface area contributed by atoms with Gasteiger partial charge in [0.05, 0.1) is 11.0 Å². The molecule has 0 unspecified atom stereocenters. The van der Waals surface area contributed by atoms with Crippen LogP contribution >= 0.6 is 0 Å². The number of aliphatic hydroxyl groups is 1. The van der Waals surface area contributed by atoms with Gasteiger partial charge in [-0.2, -0.15) is 0 Å². The van der Waals surface area contributed by atoms with Crippen LogP contribution < -0.4 is 0 Å². The molecule has 4 heteroatoms. The van der Waals surface area contributed by atoms with Gasteiger partial charge in [0.2, 0.25) is 0 Å². The molecule has 1 fully saturated rings. The topological polar surface area (TPSA) is 60.8 Å². The van der Waals surface area contributed by atoms with E-state index in [1.165, 1.54) is 5.56 Å². The molecule has 1 aliphatic rings. The molecule has 1 aromatic rings. The Morgan fingerprint density at radius 2 is 1.80 bits per heavy atom. The lowest BCUT2D eigenvalue weighted by Gasteiger charge is -2.45. The van der Waals surface area contributed by atoms with Gasteiger partial charge >= 0.3 is 5.97 Å². The Balaban J connectivity index is 1.97. The quantitative estimate of drug-likeness (QED) is 0.885. The monoisotopic (exact) mass is 277 g/mol. The molecule has 0 aliphatic carbocycles. The number of piperidine rings is 1. The average Bonchev–Trinajstić information content (AvgIpc) is 2.42. The highest BCUT2D eigenvalue weighted by Crippen LogP contribution is 2.39. The summed E-state index contributed by atoms with van der Waals surface area (Å²) < 4.78 is 0. The molecule has 0 aromatic heterocycles. The van der Waals surface area contributed by atoms with Crippen LogP contribution in [-0.2, 0) is 11.3 Å². The lowest BCUT2D eigenvalue weighted by Crippen LogP contribution is -2.55. The van der Waals surface area contributed by atoms with E-state index in [1.54, 1.807) is 13.8 Å². The molecule has 0 atom stereocenters. The predicted molar refractivity (Wildman–Crippen MR) is 77.3 cm³/mol. The van der Waals surface area contributed by atoms with Crippen LogP contribution in [0.3, 0.4) is 0 Å². The number of likely N-dealkylation sites (tertiary alicyclic amines) is 1. The largest absolute Gasteiger partial charge is 0.481 e. The van der Waals surface area contributed by atoms with Crippen molar-refractivity contribution in [2.45, 2.75) is 38.8 Å². The summed E-state index contributed by atoms with van der Waals surface area (Å²) in [5, 5.41) is 19.9. The van der Waals surface area contributed by atoms with Crippen LogP contribution in [0.15, 0.2) is 30.3 Å². The van der Waals surface area contributed by atoms with Crippen LogP contribution in [0, 0.1) is 5.41 Å². The van der Waals surface area contributed by atoms with E-state index >= 15 is 0 Å². The van der Waals surface area contributed by atoms with Crippen molar-refractivity contribution in [1.29, 1.82) is 0 Å². The maximum absolute atomic E-state index is 11.3. The summed E-state index contributed by atoms with van der Waals surface area (Å²) in [5.41, 5.74) is -0.979. The molecule has 2 N–H and O–H groups in total. The van der Waals surface area contributed by atoms with Gasteiger partial charge in [-0.05, 0) is 32.3 Å². The van der Waals surface area contributed by atoms with Crippen LogP contribution in [0.1, 0.15) is 32.3 Å². The Morgan fingerprint density at radius 3 is 2.30 bits per heavy atom. The Labute approximate surface area is 120 Å². The van der Waals surface area contributed by atoms with E-state index in [-0.39, 0.29) is 0 Å². The van der Waals surface area contributed by atoms with Crippen molar-refractivity contribution < 1.29 is 15.0 Å².